The predicted octanol–water partition coefficient (Wildman–Crippen LogP) is 6.50. The lowest BCUT2D eigenvalue weighted by atomic mass is 10.0. The molecule has 0 amide bonds. The summed E-state index contributed by atoms with van der Waals surface area (Å²) in [7, 11) is 0. The summed E-state index contributed by atoms with van der Waals surface area (Å²) in [5.41, 5.74) is 0. The van der Waals surface area contributed by atoms with Gasteiger partial charge in [-0.05, 0) is 0 Å². The molecule has 0 aromatic carbocycles. The lowest BCUT2D eigenvalue weighted by Gasteiger charge is -2.02. The molecule has 1 saturated heterocycles. The lowest BCUT2D eigenvalue weighted by molar-refractivity contribution is 0.475. The van der Waals surface area contributed by atoms with Crippen LogP contribution in [0.25, 0.3) is 0 Å². The van der Waals surface area contributed by atoms with Gasteiger partial charge in [0.25, 0.3) is 0 Å². The van der Waals surface area contributed by atoms with Gasteiger partial charge < -0.3 is 4.74 Å². The van der Waals surface area contributed by atoms with Crippen LogP contribution in [0.3, 0.4) is 0 Å². The molecule has 0 unspecified atom stereocenters. The normalized spacial score (nSPS) is 12.9. The Balaban J connectivity index is 0.000000934. The molecule has 0 saturated carbocycles. The van der Waals surface area contributed by atoms with Crippen molar-refractivity contribution in [3.05, 3.63) is 0 Å². The molecule has 1 nitrogen and oxygen atoms in total. The molecular weight excluding hydrogens is 232 g/mol. The monoisotopic (exact) mass is 270 g/mol. The van der Waals surface area contributed by atoms with Gasteiger partial charge in [0, 0.05) is 0 Å². The fourth-order valence-corrected chi connectivity index (χ4v) is 2.27. The van der Waals surface area contributed by atoms with Crippen LogP contribution in [0.5, 0.6) is 0 Å². The second-order valence-electron chi connectivity index (χ2n) is 5.86. The second-order valence-corrected chi connectivity index (χ2v) is 5.86. The smallest absolute Gasteiger partial charge is 0.0701 e. The zero-order valence-corrected chi connectivity index (χ0v) is 13.7. The van der Waals surface area contributed by atoms with Gasteiger partial charge in [-0.25, -0.2) is 0 Å². The van der Waals surface area contributed by atoms with Crippen molar-refractivity contribution in [3.8, 4) is 0 Å². The Kier molecular flexibility index (Phi) is 17.9. The maximum atomic E-state index is 4.50. The van der Waals surface area contributed by atoms with Gasteiger partial charge >= 0.3 is 0 Å². The molecule has 1 aliphatic heterocycles. The maximum Gasteiger partial charge on any atom is 0.0701 e. The molecule has 0 atom stereocenters. The van der Waals surface area contributed by atoms with Crippen LogP contribution in [0.2, 0.25) is 0 Å². The average molecular weight is 271 g/mol. The van der Waals surface area contributed by atoms with E-state index in [4.69, 9.17) is 0 Å². The fraction of sp³-hybridized carbons (Fsp3) is 1.00. The van der Waals surface area contributed by atoms with E-state index in [2.05, 4.69) is 18.6 Å². The highest BCUT2D eigenvalue weighted by Gasteiger charge is 1.94. The van der Waals surface area contributed by atoms with E-state index in [1.54, 1.807) is 0 Å². The standard InChI is InChI=1S/C16H34.C2H4O/c1-3-5-7-9-11-13-15-16-14-12-10-8-6-4-2;1-2-3-1/h3-16H2,1-2H3;1-2H2. The van der Waals surface area contributed by atoms with Crippen LogP contribution in [0.1, 0.15) is 104 Å². The van der Waals surface area contributed by atoms with Crippen LogP contribution in [-0.2, 0) is 4.74 Å². The molecule has 0 bridgehead atoms. The van der Waals surface area contributed by atoms with Gasteiger partial charge in [0.15, 0.2) is 0 Å². The van der Waals surface area contributed by atoms with Crippen molar-refractivity contribution < 1.29 is 4.74 Å². The number of ether oxygens (including phenoxy) is 1. The molecule has 1 aliphatic rings. The van der Waals surface area contributed by atoms with Gasteiger partial charge in [-0.1, -0.05) is 104 Å². The van der Waals surface area contributed by atoms with Crippen molar-refractivity contribution in [1.82, 2.24) is 0 Å². The minimum atomic E-state index is 1.00. The maximum absolute atomic E-state index is 4.50. The number of rotatable bonds is 13. The van der Waals surface area contributed by atoms with E-state index in [0.717, 1.165) is 13.2 Å². The van der Waals surface area contributed by atoms with Crippen molar-refractivity contribution in [3.63, 3.8) is 0 Å². The van der Waals surface area contributed by atoms with E-state index in [1.165, 1.54) is 89.9 Å². The summed E-state index contributed by atoms with van der Waals surface area (Å²) >= 11 is 0. The summed E-state index contributed by atoms with van der Waals surface area (Å²) < 4.78 is 4.50. The minimum absolute atomic E-state index is 1.00. The Morgan fingerprint density at radius 3 is 0.842 bits per heavy atom. The summed E-state index contributed by atoms with van der Waals surface area (Å²) in [6.45, 7) is 6.58. The van der Waals surface area contributed by atoms with Crippen molar-refractivity contribution in [2.24, 2.45) is 0 Å². The first kappa shape index (κ1) is 19.0. The molecule has 1 heterocycles. The van der Waals surface area contributed by atoms with Crippen LogP contribution in [-0.4, -0.2) is 13.2 Å². The Bertz CT molecular complexity index is 126. The van der Waals surface area contributed by atoms with Gasteiger partial charge in [-0.3, -0.25) is 0 Å². The molecule has 1 rings (SSSR count). The Morgan fingerprint density at radius 2 is 0.684 bits per heavy atom. The molecule has 0 aliphatic carbocycles. The molecule has 0 aromatic heterocycles. The zero-order valence-electron chi connectivity index (χ0n) is 13.7. The second kappa shape index (κ2) is 18.0. The van der Waals surface area contributed by atoms with E-state index in [1.807, 2.05) is 0 Å². The first-order valence-corrected chi connectivity index (χ1v) is 8.99. The average Bonchev–Trinajstić information content (AvgIpc) is 3.28. The molecule has 19 heavy (non-hydrogen) atoms. The Hall–Kier alpha value is -0.0400. The van der Waals surface area contributed by atoms with E-state index in [0.29, 0.717) is 0 Å². The number of unbranched alkanes of at least 4 members (excludes halogenated alkanes) is 13. The molecule has 0 aromatic rings. The van der Waals surface area contributed by atoms with E-state index in [-0.39, 0.29) is 0 Å². The molecule has 1 heteroatoms. The van der Waals surface area contributed by atoms with Gasteiger partial charge in [0.2, 0.25) is 0 Å². The topological polar surface area (TPSA) is 12.5 Å². The first-order chi connectivity index (χ1) is 9.41. The minimum Gasteiger partial charge on any atom is -0.377 e. The van der Waals surface area contributed by atoms with Crippen LogP contribution < -0.4 is 0 Å². The van der Waals surface area contributed by atoms with E-state index >= 15 is 0 Å². The third kappa shape index (κ3) is 23.5. The van der Waals surface area contributed by atoms with Crippen molar-refractivity contribution in [2.45, 2.75) is 104 Å². The summed E-state index contributed by atoms with van der Waals surface area (Å²) in [5.74, 6) is 0. The van der Waals surface area contributed by atoms with E-state index < -0.39 is 0 Å². The zero-order chi connectivity index (χ0) is 14.0. The van der Waals surface area contributed by atoms with Gasteiger partial charge in [-0.2, -0.15) is 0 Å². The third-order valence-electron chi connectivity index (χ3n) is 3.66. The lowest BCUT2D eigenvalue weighted by Crippen LogP contribution is -1.82. The van der Waals surface area contributed by atoms with Crippen molar-refractivity contribution in [2.75, 3.05) is 13.2 Å². The summed E-state index contributed by atoms with van der Waals surface area (Å²) in [4.78, 5) is 0. The van der Waals surface area contributed by atoms with Crippen LogP contribution >= 0.6 is 0 Å². The largest absolute Gasteiger partial charge is 0.377 e. The quantitative estimate of drug-likeness (QED) is 0.275. The number of hydrogen-bond acceptors (Lipinski definition) is 1. The SMILES string of the molecule is C1CO1.CCCCCCCCCCCCCCCC. The Labute approximate surface area is 122 Å². The van der Waals surface area contributed by atoms with Crippen LogP contribution in [0.4, 0.5) is 0 Å². The summed E-state index contributed by atoms with van der Waals surface area (Å²) in [6, 6.07) is 0. The van der Waals surface area contributed by atoms with Crippen molar-refractivity contribution in [1.29, 1.82) is 0 Å². The molecular formula is C18H38O. The Morgan fingerprint density at radius 1 is 0.474 bits per heavy atom. The molecule has 0 N–H and O–H groups in total. The number of epoxide rings is 1. The van der Waals surface area contributed by atoms with Gasteiger partial charge in [0.05, 0.1) is 13.2 Å². The van der Waals surface area contributed by atoms with Crippen LogP contribution in [0, 0.1) is 0 Å². The highest BCUT2D eigenvalue weighted by molar-refractivity contribution is 4.48. The number of hydrogen-bond donors (Lipinski definition) is 0. The van der Waals surface area contributed by atoms with E-state index in [9.17, 15) is 0 Å². The summed E-state index contributed by atoms with van der Waals surface area (Å²) in [6.07, 6.45) is 20.4. The summed E-state index contributed by atoms with van der Waals surface area (Å²) in [5, 5.41) is 0. The third-order valence-corrected chi connectivity index (χ3v) is 3.66. The first-order valence-electron chi connectivity index (χ1n) is 8.99. The van der Waals surface area contributed by atoms with Crippen LogP contribution in [0.15, 0.2) is 0 Å². The highest BCUT2D eigenvalue weighted by atomic mass is 16.6. The predicted molar refractivity (Wildman–Crippen MR) is 86.8 cm³/mol. The molecule has 1 fully saturated rings. The highest BCUT2D eigenvalue weighted by Crippen LogP contribution is 2.12. The van der Waals surface area contributed by atoms with Crippen molar-refractivity contribution >= 4 is 0 Å². The van der Waals surface area contributed by atoms with Gasteiger partial charge in [-0.15, -0.1) is 0 Å². The molecule has 0 spiro atoms. The molecule has 0 radical (unpaired) electrons. The molecule has 116 valence electrons. The fourth-order valence-electron chi connectivity index (χ4n) is 2.27. The van der Waals surface area contributed by atoms with Gasteiger partial charge in [0.1, 0.15) is 0 Å².